The molecule has 2 aromatic rings. The van der Waals surface area contributed by atoms with Gasteiger partial charge in [-0.15, -0.1) is 0 Å². The van der Waals surface area contributed by atoms with E-state index in [4.69, 9.17) is 4.74 Å². The predicted octanol–water partition coefficient (Wildman–Crippen LogP) is 5.39. The maximum absolute atomic E-state index is 13.1. The molecule has 1 atom stereocenters. The Bertz CT molecular complexity index is 599. The molecule has 0 saturated heterocycles. The highest BCUT2D eigenvalue weighted by Crippen LogP contribution is 2.37. The Morgan fingerprint density at radius 3 is 2.47 bits per heavy atom. The van der Waals surface area contributed by atoms with Crippen LogP contribution in [-0.2, 0) is 0 Å². The van der Waals surface area contributed by atoms with Gasteiger partial charge in [0.05, 0.1) is 11.9 Å². The highest BCUT2D eigenvalue weighted by Gasteiger charge is 2.15. The summed E-state index contributed by atoms with van der Waals surface area (Å²) in [5, 5.41) is 0. The van der Waals surface area contributed by atoms with Gasteiger partial charge in [-0.2, -0.15) is 0 Å². The quantitative estimate of drug-likeness (QED) is 0.641. The molecule has 0 aliphatic carbocycles. The summed E-state index contributed by atoms with van der Waals surface area (Å²) < 4.78 is 19.1. The molecule has 0 N–H and O–H groups in total. The summed E-state index contributed by atoms with van der Waals surface area (Å²) in [4.78, 5) is 0.00656. The van der Waals surface area contributed by atoms with Gasteiger partial charge in [0.25, 0.3) is 0 Å². The summed E-state index contributed by atoms with van der Waals surface area (Å²) in [5.41, 5.74) is 3.17. The Morgan fingerprint density at radius 1 is 1.16 bits per heavy atom. The van der Waals surface area contributed by atoms with Crippen LogP contribution in [0.2, 0.25) is 0 Å². The second-order valence-electron chi connectivity index (χ2n) is 4.26. The lowest BCUT2D eigenvalue weighted by atomic mass is 10.0. The number of methoxy groups -OCH3 is 1. The van der Waals surface area contributed by atoms with Crippen LogP contribution in [0.5, 0.6) is 5.75 Å². The molecule has 2 aromatic carbocycles. The van der Waals surface area contributed by atoms with Gasteiger partial charge >= 0.3 is 0 Å². The largest absolute Gasteiger partial charge is 0.496 e. The van der Waals surface area contributed by atoms with E-state index in [-0.39, 0.29) is 10.6 Å². The van der Waals surface area contributed by atoms with E-state index in [1.807, 2.05) is 19.1 Å². The molecule has 0 radical (unpaired) electrons. The molecule has 0 spiro atoms. The van der Waals surface area contributed by atoms with Crippen molar-refractivity contribution in [3.8, 4) is 5.75 Å². The first kappa shape index (κ1) is 14.5. The molecule has 100 valence electrons. The first-order valence-electron chi connectivity index (χ1n) is 5.76. The third-order valence-electron chi connectivity index (χ3n) is 2.95. The van der Waals surface area contributed by atoms with Crippen molar-refractivity contribution in [3.63, 3.8) is 0 Å². The molecule has 2 rings (SSSR count). The van der Waals surface area contributed by atoms with Crippen LogP contribution in [0.25, 0.3) is 0 Å². The van der Waals surface area contributed by atoms with Gasteiger partial charge in [0.2, 0.25) is 0 Å². The number of hydrogen-bond acceptors (Lipinski definition) is 1. The third-order valence-corrected chi connectivity index (χ3v) is 4.66. The van der Waals surface area contributed by atoms with Crippen molar-refractivity contribution in [2.24, 2.45) is 0 Å². The smallest absolute Gasteiger partial charge is 0.124 e. The van der Waals surface area contributed by atoms with Crippen molar-refractivity contribution in [3.05, 3.63) is 63.4 Å². The summed E-state index contributed by atoms with van der Waals surface area (Å²) in [6, 6.07) is 10.7. The van der Waals surface area contributed by atoms with Crippen molar-refractivity contribution < 1.29 is 9.13 Å². The lowest BCUT2D eigenvalue weighted by Gasteiger charge is -2.14. The van der Waals surface area contributed by atoms with Crippen molar-refractivity contribution >= 4 is 31.9 Å². The molecule has 0 aliphatic heterocycles. The van der Waals surface area contributed by atoms with E-state index in [0.29, 0.717) is 0 Å². The van der Waals surface area contributed by atoms with Gasteiger partial charge in [-0.05, 0) is 41.8 Å². The molecule has 0 fully saturated rings. The highest BCUT2D eigenvalue weighted by molar-refractivity contribution is 9.11. The van der Waals surface area contributed by atoms with E-state index >= 15 is 0 Å². The van der Waals surface area contributed by atoms with E-state index in [2.05, 4.69) is 37.9 Å². The molecule has 0 amide bonds. The maximum atomic E-state index is 13.1. The summed E-state index contributed by atoms with van der Waals surface area (Å²) in [7, 11) is 1.66. The van der Waals surface area contributed by atoms with Gasteiger partial charge in [0, 0.05) is 4.47 Å². The minimum absolute atomic E-state index is 0.00656. The summed E-state index contributed by atoms with van der Waals surface area (Å²) >= 11 is 7.05. The number of aryl methyl sites for hydroxylation is 1. The van der Waals surface area contributed by atoms with Gasteiger partial charge in [0.1, 0.15) is 11.6 Å². The van der Waals surface area contributed by atoms with E-state index in [1.165, 1.54) is 12.1 Å². The van der Waals surface area contributed by atoms with Crippen molar-refractivity contribution in [2.75, 3.05) is 7.11 Å². The fourth-order valence-corrected chi connectivity index (χ4v) is 3.52. The Balaban J connectivity index is 2.38. The standard InChI is InChI=1S/C15H13Br2FO/c1-9-7-10(3-6-14(9)19-2)15(17)12-5-4-11(18)8-13(12)16/h3-8,15H,1-2H3. The van der Waals surface area contributed by atoms with Gasteiger partial charge in [0.15, 0.2) is 0 Å². The molecule has 1 unspecified atom stereocenters. The van der Waals surface area contributed by atoms with Crippen LogP contribution in [0.3, 0.4) is 0 Å². The topological polar surface area (TPSA) is 9.23 Å². The van der Waals surface area contributed by atoms with Gasteiger partial charge in [-0.3, -0.25) is 0 Å². The first-order chi connectivity index (χ1) is 9.02. The van der Waals surface area contributed by atoms with E-state index in [0.717, 1.165) is 26.9 Å². The molecule has 0 bridgehead atoms. The Labute approximate surface area is 129 Å². The average Bonchev–Trinajstić information content (AvgIpc) is 2.38. The lowest BCUT2D eigenvalue weighted by molar-refractivity contribution is 0.411. The predicted molar refractivity (Wildman–Crippen MR) is 82.6 cm³/mol. The fraction of sp³-hybridized carbons (Fsp3) is 0.200. The van der Waals surface area contributed by atoms with Crippen molar-refractivity contribution in [1.82, 2.24) is 0 Å². The summed E-state index contributed by atoms with van der Waals surface area (Å²) in [6.45, 7) is 2.00. The van der Waals surface area contributed by atoms with Crippen LogP contribution in [0.1, 0.15) is 21.5 Å². The maximum Gasteiger partial charge on any atom is 0.124 e. The van der Waals surface area contributed by atoms with Crippen LogP contribution in [0.15, 0.2) is 40.9 Å². The Kier molecular flexibility index (Phi) is 4.63. The normalized spacial score (nSPS) is 12.3. The SMILES string of the molecule is COc1ccc(C(Br)c2ccc(F)cc2Br)cc1C. The summed E-state index contributed by atoms with van der Waals surface area (Å²) in [6.07, 6.45) is 0. The van der Waals surface area contributed by atoms with E-state index in [1.54, 1.807) is 13.2 Å². The summed E-state index contributed by atoms with van der Waals surface area (Å²) in [5.74, 6) is 0.614. The van der Waals surface area contributed by atoms with Crippen molar-refractivity contribution in [2.45, 2.75) is 11.8 Å². The second-order valence-corrected chi connectivity index (χ2v) is 6.03. The van der Waals surface area contributed by atoms with Gasteiger partial charge in [-0.1, -0.05) is 50.1 Å². The molecular formula is C15H13Br2FO. The fourth-order valence-electron chi connectivity index (χ4n) is 1.95. The Hall–Kier alpha value is -0.870. The molecule has 19 heavy (non-hydrogen) atoms. The van der Waals surface area contributed by atoms with Crippen LogP contribution in [-0.4, -0.2) is 7.11 Å². The zero-order valence-electron chi connectivity index (χ0n) is 10.6. The molecule has 0 saturated carbocycles. The lowest BCUT2D eigenvalue weighted by Crippen LogP contribution is -1.96. The Morgan fingerprint density at radius 2 is 1.89 bits per heavy atom. The minimum Gasteiger partial charge on any atom is -0.496 e. The van der Waals surface area contributed by atoms with Crippen LogP contribution in [0, 0.1) is 12.7 Å². The van der Waals surface area contributed by atoms with Crippen molar-refractivity contribution in [1.29, 1.82) is 0 Å². The van der Waals surface area contributed by atoms with E-state index < -0.39 is 0 Å². The van der Waals surface area contributed by atoms with Crippen LogP contribution >= 0.6 is 31.9 Å². The molecule has 0 aromatic heterocycles. The van der Waals surface area contributed by atoms with Gasteiger partial charge < -0.3 is 4.74 Å². The second kappa shape index (κ2) is 6.06. The number of alkyl halides is 1. The number of halogens is 3. The minimum atomic E-state index is -0.249. The third kappa shape index (κ3) is 3.18. The number of hydrogen-bond donors (Lipinski definition) is 0. The number of benzene rings is 2. The zero-order valence-corrected chi connectivity index (χ0v) is 13.8. The molecule has 0 heterocycles. The zero-order chi connectivity index (χ0) is 14.0. The monoisotopic (exact) mass is 386 g/mol. The van der Waals surface area contributed by atoms with E-state index in [9.17, 15) is 4.39 Å². The number of ether oxygens (including phenoxy) is 1. The molecule has 4 heteroatoms. The molecule has 1 nitrogen and oxygen atoms in total. The molecule has 0 aliphatic rings. The number of rotatable bonds is 3. The van der Waals surface area contributed by atoms with Gasteiger partial charge in [-0.25, -0.2) is 4.39 Å². The van der Waals surface area contributed by atoms with Crippen LogP contribution < -0.4 is 4.74 Å². The average molecular weight is 388 g/mol. The van der Waals surface area contributed by atoms with Crippen LogP contribution in [0.4, 0.5) is 4.39 Å². The highest BCUT2D eigenvalue weighted by atomic mass is 79.9. The first-order valence-corrected chi connectivity index (χ1v) is 7.47. The molecular weight excluding hydrogens is 375 g/mol.